The van der Waals surface area contributed by atoms with Crippen molar-refractivity contribution in [2.45, 2.75) is 12.2 Å². The number of nitrogens with zero attached hydrogens (tertiary/aromatic N) is 1. The van der Waals surface area contributed by atoms with Crippen LogP contribution >= 0.6 is 0 Å². The first-order chi connectivity index (χ1) is 3.98. The van der Waals surface area contributed by atoms with Crippen LogP contribution in [0.25, 0.3) is 0 Å². The SMILES string of the molecule is CN=CC(N)C(F)(F)F. The minimum Gasteiger partial charge on any atom is -0.316 e. The molecule has 0 aromatic carbocycles. The molecule has 0 saturated carbocycles. The molecule has 2 N–H and O–H groups in total. The first kappa shape index (κ1) is 8.42. The molecule has 1 unspecified atom stereocenters. The van der Waals surface area contributed by atoms with Crippen LogP contribution in [0.15, 0.2) is 4.99 Å². The molecule has 0 fully saturated rings. The standard InChI is InChI=1S/C4H7F3N2/c1-9-2-3(8)4(5,6)7/h2-3H,8H2,1H3. The van der Waals surface area contributed by atoms with Crippen molar-refractivity contribution >= 4 is 6.21 Å². The highest BCUT2D eigenvalue weighted by molar-refractivity contribution is 5.64. The van der Waals surface area contributed by atoms with Crippen LogP contribution in [0.4, 0.5) is 13.2 Å². The van der Waals surface area contributed by atoms with Crippen molar-refractivity contribution in [2.75, 3.05) is 7.05 Å². The quantitative estimate of drug-likeness (QED) is 0.531. The Morgan fingerprint density at radius 2 is 2.00 bits per heavy atom. The van der Waals surface area contributed by atoms with Gasteiger partial charge in [0.1, 0.15) is 6.04 Å². The summed E-state index contributed by atoms with van der Waals surface area (Å²) in [5.41, 5.74) is 4.59. The molecule has 0 aliphatic rings. The van der Waals surface area contributed by atoms with Gasteiger partial charge in [0.25, 0.3) is 0 Å². The zero-order valence-corrected chi connectivity index (χ0v) is 4.81. The van der Waals surface area contributed by atoms with E-state index in [-0.39, 0.29) is 0 Å². The van der Waals surface area contributed by atoms with Crippen molar-refractivity contribution in [3.8, 4) is 0 Å². The molecule has 0 saturated heterocycles. The average molecular weight is 140 g/mol. The van der Waals surface area contributed by atoms with Crippen LogP contribution in [-0.2, 0) is 0 Å². The summed E-state index contributed by atoms with van der Waals surface area (Å²) in [4.78, 5) is 3.13. The van der Waals surface area contributed by atoms with E-state index in [1.807, 2.05) is 0 Å². The van der Waals surface area contributed by atoms with Gasteiger partial charge in [-0.1, -0.05) is 0 Å². The van der Waals surface area contributed by atoms with Crippen molar-refractivity contribution in [1.29, 1.82) is 0 Å². The highest BCUT2D eigenvalue weighted by Gasteiger charge is 2.35. The Labute approximate surface area is 50.6 Å². The van der Waals surface area contributed by atoms with Gasteiger partial charge in [-0.05, 0) is 0 Å². The maximum absolute atomic E-state index is 11.4. The summed E-state index contributed by atoms with van der Waals surface area (Å²) < 4.78 is 34.3. The maximum Gasteiger partial charge on any atom is 0.408 e. The first-order valence-electron chi connectivity index (χ1n) is 2.23. The maximum atomic E-state index is 11.4. The van der Waals surface area contributed by atoms with E-state index in [4.69, 9.17) is 0 Å². The molecule has 0 spiro atoms. The van der Waals surface area contributed by atoms with Crippen LogP contribution in [0.1, 0.15) is 0 Å². The number of hydrogen-bond donors (Lipinski definition) is 1. The predicted octanol–water partition coefficient (Wildman–Crippen LogP) is 0.577. The van der Waals surface area contributed by atoms with Crippen molar-refractivity contribution in [3.05, 3.63) is 0 Å². The van der Waals surface area contributed by atoms with Gasteiger partial charge in [-0.25, -0.2) is 0 Å². The number of alkyl halides is 3. The summed E-state index contributed by atoms with van der Waals surface area (Å²) in [5.74, 6) is 0. The van der Waals surface area contributed by atoms with Gasteiger partial charge in [-0.3, -0.25) is 4.99 Å². The van der Waals surface area contributed by atoms with Gasteiger partial charge < -0.3 is 5.73 Å². The fraction of sp³-hybridized carbons (Fsp3) is 0.750. The Morgan fingerprint density at radius 1 is 1.56 bits per heavy atom. The van der Waals surface area contributed by atoms with Crippen LogP contribution in [0.5, 0.6) is 0 Å². The summed E-state index contributed by atoms with van der Waals surface area (Å²) in [5, 5.41) is 0. The summed E-state index contributed by atoms with van der Waals surface area (Å²) >= 11 is 0. The summed E-state index contributed by atoms with van der Waals surface area (Å²) in [6.07, 6.45) is -3.71. The van der Waals surface area contributed by atoms with Gasteiger partial charge in [0.15, 0.2) is 0 Å². The lowest BCUT2D eigenvalue weighted by Gasteiger charge is -2.08. The predicted molar refractivity (Wildman–Crippen MR) is 28.4 cm³/mol. The fourth-order valence-electron chi connectivity index (χ4n) is 0.245. The minimum absolute atomic E-state index is 0.653. The zero-order valence-electron chi connectivity index (χ0n) is 4.81. The molecule has 2 nitrogen and oxygen atoms in total. The topological polar surface area (TPSA) is 38.4 Å². The monoisotopic (exact) mass is 140 g/mol. The van der Waals surface area contributed by atoms with Gasteiger partial charge in [-0.2, -0.15) is 13.2 Å². The first-order valence-corrected chi connectivity index (χ1v) is 2.23. The molecule has 0 aliphatic heterocycles. The summed E-state index contributed by atoms with van der Waals surface area (Å²) in [6.45, 7) is 0. The third kappa shape index (κ3) is 3.07. The van der Waals surface area contributed by atoms with Crippen LogP contribution in [0.3, 0.4) is 0 Å². The van der Waals surface area contributed by atoms with E-state index < -0.39 is 12.2 Å². The van der Waals surface area contributed by atoms with E-state index in [9.17, 15) is 13.2 Å². The van der Waals surface area contributed by atoms with Crippen LogP contribution in [0.2, 0.25) is 0 Å². The van der Waals surface area contributed by atoms with E-state index in [0.717, 1.165) is 0 Å². The molecule has 54 valence electrons. The third-order valence-electron chi connectivity index (χ3n) is 0.688. The van der Waals surface area contributed by atoms with E-state index in [0.29, 0.717) is 6.21 Å². The van der Waals surface area contributed by atoms with E-state index in [1.54, 1.807) is 0 Å². The number of aliphatic imine (C=N–C) groups is 1. The number of halogens is 3. The molecule has 1 atom stereocenters. The third-order valence-corrected chi connectivity index (χ3v) is 0.688. The van der Waals surface area contributed by atoms with E-state index in [1.165, 1.54) is 7.05 Å². The molecule has 0 aromatic rings. The lowest BCUT2D eigenvalue weighted by molar-refractivity contribution is -0.131. The summed E-state index contributed by atoms with van der Waals surface area (Å²) in [7, 11) is 1.24. The van der Waals surface area contributed by atoms with Crippen LogP contribution < -0.4 is 5.73 Å². The van der Waals surface area contributed by atoms with E-state index >= 15 is 0 Å². The normalized spacial score (nSPS) is 16.6. The molecule has 0 aliphatic carbocycles. The Balaban J connectivity index is 3.88. The van der Waals surface area contributed by atoms with Crippen molar-refractivity contribution in [1.82, 2.24) is 0 Å². The Bertz CT molecular complexity index is 107. The lowest BCUT2D eigenvalue weighted by Crippen LogP contribution is -2.38. The molecule has 0 radical (unpaired) electrons. The van der Waals surface area contributed by atoms with Crippen LogP contribution in [0, 0.1) is 0 Å². The smallest absolute Gasteiger partial charge is 0.316 e. The molecule has 0 heterocycles. The molecule has 5 heteroatoms. The molecule has 0 bridgehead atoms. The highest BCUT2D eigenvalue weighted by Crippen LogP contribution is 2.16. The average Bonchev–Trinajstić information content (AvgIpc) is 1.64. The second-order valence-corrected chi connectivity index (χ2v) is 1.47. The van der Waals surface area contributed by atoms with Crippen molar-refractivity contribution < 1.29 is 13.2 Å². The number of rotatable bonds is 1. The molecule has 9 heavy (non-hydrogen) atoms. The Hall–Kier alpha value is -0.580. The Kier molecular flexibility index (Phi) is 2.64. The largest absolute Gasteiger partial charge is 0.408 e. The van der Waals surface area contributed by atoms with Gasteiger partial charge in [0, 0.05) is 13.3 Å². The number of hydrogen-bond acceptors (Lipinski definition) is 2. The van der Waals surface area contributed by atoms with E-state index in [2.05, 4.69) is 10.7 Å². The Morgan fingerprint density at radius 3 is 2.11 bits per heavy atom. The molecule has 0 amide bonds. The van der Waals surface area contributed by atoms with Crippen molar-refractivity contribution in [3.63, 3.8) is 0 Å². The van der Waals surface area contributed by atoms with Gasteiger partial charge in [0.2, 0.25) is 0 Å². The number of nitrogens with two attached hydrogens (primary N) is 1. The van der Waals surface area contributed by atoms with Gasteiger partial charge in [0.05, 0.1) is 0 Å². The second-order valence-electron chi connectivity index (χ2n) is 1.47. The highest BCUT2D eigenvalue weighted by atomic mass is 19.4. The molecular formula is C4H7F3N2. The lowest BCUT2D eigenvalue weighted by atomic mass is 10.3. The van der Waals surface area contributed by atoms with Crippen molar-refractivity contribution in [2.24, 2.45) is 10.7 Å². The summed E-state index contributed by atoms with van der Waals surface area (Å²) in [6, 6.07) is -1.93. The molecule has 0 aromatic heterocycles. The van der Waals surface area contributed by atoms with Gasteiger partial charge >= 0.3 is 6.18 Å². The second kappa shape index (κ2) is 2.82. The molecule has 0 rings (SSSR count). The fourth-order valence-corrected chi connectivity index (χ4v) is 0.245. The zero-order chi connectivity index (χ0) is 7.49. The van der Waals surface area contributed by atoms with Gasteiger partial charge in [-0.15, -0.1) is 0 Å². The molecular weight excluding hydrogens is 133 g/mol. The van der Waals surface area contributed by atoms with Crippen LogP contribution in [-0.4, -0.2) is 25.5 Å². The minimum atomic E-state index is -4.36.